The van der Waals surface area contributed by atoms with Crippen LogP contribution in [-0.2, 0) is 0 Å². The van der Waals surface area contributed by atoms with Crippen molar-refractivity contribution in [3.63, 3.8) is 0 Å². The van der Waals surface area contributed by atoms with Crippen molar-refractivity contribution in [3.05, 3.63) is 41.3 Å². The van der Waals surface area contributed by atoms with Crippen LogP contribution >= 0.6 is 11.3 Å². The minimum atomic E-state index is 0.310. The summed E-state index contributed by atoms with van der Waals surface area (Å²) in [4.78, 5) is 2.63. The lowest BCUT2D eigenvalue weighted by Crippen LogP contribution is -1.99. The van der Waals surface area contributed by atoms with E-state index in [1.165, 1.54) is 9.75 Å². The standard InChI is InChI=1S/C13H13NOS/c14-11-7-10(11)13-6-5-12(16-13)8-1-3-9(15)4-2-8/h1-6,10-11,15H,7,14H2/t10-,11-/m1/s1. The maximum absolute atomic E-state index is 9.23. The molecule has 82 valence electrons. The highest BCUT2D eigenvalue weighted by Crippen LogP contribution is 2.44. The van der Waals surface area contributed by atoms with Gasteiger partial charge >= 0.3 is 0 Å². The van der Waals surface area contributed by atoms with Gasteiger partial charge in [-0.2, -0.15) is 0 Å². The molecule has 16 heavy (non-hydrogen) atoms. The topological polar surface area (TPSA) is 46.2 Å². The predicted octanol–water partition coefficient (Wildman–Crippen LogP) is 2.94. The SMILES string of the molecule is N[C@@H]1C[C@H]1c1ccc(-c2ccc(O)cc2)s1. The van der Waals surface area contributed by atoms with E-state index in [-0.39, 0.29) is 0 Å². The van der Waals surface area contributed by atoms with Crippen LogP contribution in [0.1, 0.15) is 17.2 Å². The van der Waals surface area contributed by atoms with Crippen molar-refractivity contribution in [2.75, 3.05) is 0 Å². The number of hydrogen-bond donors (Lipinski definition) is 2. The molecule has 0 aliphatic heterocycles. The lowest BCUT2D eigenvalue weighted by Gasteiger charge is -1.97. The van der Waals surface area contributed by atoms with Crippen molar-refractivity contribution >= 4 is 11.3 Å². The average Bonchev–Trinajstić information content (AvgIpc) is 2.82. The summed E-state index contributed by atoms with van der Waals surface area (Å²) < 4.78 is 0. The molecule has 1 saturated carbocycles. The molecule has 1 aliphatic carbocycles. The molecule has 1 aliphatic rings. The van der Waals surface area contributed by atoms with Gasteiger partial charge in [0.05, 0.1) is 0 Å². The Labute approximate surface area is 98.4 Å². The number of thiophene rings is 1. The Bertz CT molecular complexity index is 503. The van der Waals surface area contributed by atoms with Crippen LogP contribution in [0.15, 0.2) is 36.4 Å². The number of nitrogens with two attached hydrogens (primary N) is 1. The smallest absolute Gasteiger partial charge is 0.115 e. The third-order valence-electron chi connectivity index (χ3n) is 2.98. The van der Waals surface area contributed by atoms with Crippen LogP contribution in [0.5, 0.6) is 5.75 Å². The van der Waals surface area contributed by atoms with E-state index in [1.807, 2.05) is 12.1 Å². The maximum Gasteiger partial charge on any atom is 0.115 e. The van der Waals surface area contributed by atoms with Crippen LogP contribution < -0.4 is 5.73 Å². The van der Waals surface area contributed by atoms with Crippen LogP contribution in [-0.4, -0.2) is 11.1 Å². The predicted molar refractivity (Wildman–Crippen MR) is 66.8 cm³/mol. The maximum atomic E-state index is 9.23. The first-order valence-electron chi connectivity index (χ1n) is 5.39. The van der Waals surface area contributed by atoms with Gasteiger partial charge in [-0.15, -0.1) is 11.3 Å². The fraction of sp³-hybridized carbons (Fsp3) is 0.231. The molecule has 1 fully saturated rings. The first kappa shape index (κ1) is 9.87. The second kappa shape index (κ2) is 3.61. The summed E-state index contributed by atoms with van der Waals surface area (Å²) in [6.07, 6.45) is 1.12. The molecule has 3 rings (SSSR count). The molecule has 2 atom stereocenters. The van der Waals surface area contributed by atoms with Crippen LogP contribution in [0.2, 0.25) is 0 Å². The Morgan fingerprint density at radius 3 is 2.44 bits per heavy atom. The molecular weight excluding hydrogens is 218 g/mol. The Morgan fingerprint density at radius 2 is 1.81 bits per heavy atom. The monoisotopic (exact) mass is 231 g/mol. The normalized spacial score (nSPS) is 23.3. The van der Waals surface area contributed by atoms with Crippen molar-refractivity contribution < 1.29 is 5.11 Å². The summed E-state index contributed by atoms with van der Waals surface area (Å²) in [5.41, 5.74) is 7.00. The Kier molecular flexibility index (Phi) is 2.23. The fourth-order valence-corrected chi connectivity index (χ4v) is 3.08. The van der Waals surface area contributed by atoms with Crippen LogP contribution in [0.3, 0.4) is 0 Å². The van der Waals surface area contributed by atoms with Gasteiger partial charge < -0.3 is 10.8 Å². The highest BCUT2D eigenvalue weighted by atomic mass is 32.1. The fourth-order valence-electron chi connectivity index (χ4n) is 1.87. The minimum Gasteiger partial charge on any atom is -0.508 e. The van der Waals surface area contributed by atoms with E-state index in [1.54, 1.807) is 23.5 Å². The van der Waals surface area contributed by atoms with E-state index in [2.05, 4.69) is 12.1 Å². The van der Waals surface area contributed by atoms with Gasteiger partial charge in [0.1, 0.15) is 5.75 Å². The largest absolute Gasteiger partial charge is 0.508 e. The van der Waals surface area contributed by atoms with Crippen molar-refractivity contribution in [2.45, 2.75) is 18.4 Å². The Hall–Kier alpha value is -1.32. The van der Waals surface area contributed by atoms with Crippen LogP contribution in [0.25, 0.3) is 10.4 Å². The summed E-state index contributed by atoms with van der Waals surface area (Å²) >= 11 is 1.80. The number of rotatable bonds is 2. The van der Waals surface area contributed by atoms with Gasteiger partial charge in [-0.1, -0.05) is 0 Å². The van der Waals surface area contributed by atoms with Crippen LogP contribution in [0.4, 0.5) is 0 Å². The van der Waals surface area contributed by atoms with Crippen molar-refractivity contribution in [1.82, 2.24) is 0 Å². The molecule has 3 N–H and O–H groups in total. The average molecular weight is 231 g/mol. The highest BCUT2D eigenvalue weighted by Gasteiger charge is 2.35. The number of benzene rings is 1. The van der Waals surface area contributed by atoms with E-state index in [9.17, 15) is 5.11 Å². The summed E-state index contributed by atoms with van der Waals surface area (Å²) in [6.45, 7) is 0. The lowest BCUT2D eigenvalue weighted by atomic mass is 10.2. The van der Waals surface area contributed by atoms with E-state index < -0.39 is 0 Å². The number of hydrogen-bond acceptors (Lipinski definition) is 3. The third-order valence-corrected chi connectivity index (χ3v) is 4.25. The molecule has 0 amide bonds. The molecule has 0 saturated heterocycles. The molecule has 0 radical (unpaired) electrons. The van der Waals surface area contributed by atoms with Gasteiger partial charge in [0.15, 0.2) is 0 Å². The van der Waals surface area contributed by atoms with Gasteiger partial charge in [0.25, 0.3) is 0 Å². The van der Waals surface area contributed by atoms with Gasteiger partial charge in [-0.25, -0.2) is 0 Å². The van der Waals surface area contributed by atoms with Crippen LogP contribution in [0, 0.1) is 0 Å². The molecule has 2 aromatic rings. The first-order chi connectivity index (χ1) is 7.74. The molecule has 0 spiro atoms. The van der Waals surface area contributed by atoms with Crippen molar-refractivity contribution in [3.8, 4) is 16.2 Å². The van der Waals surface area contributed by atoms with Crippen molar-refractivity contribution in [2.24, 2.45) is 5.73 Å². The summed E-state index contributed by atoms with van der Waals surface area (Å²) in [7, 11) is 0. The van der Waals surface area contributed by atoms with Gasteiger partial charge in [-0.3, -0.25) is 0 Å². The molecule has 3 heteroatoms. The number of phenolic OH excluding ortho intramolecular Hbond substituents is 1. The molecular formula is C13H13NOS. The molecule has 1 heterocycles. The Balaban J connectivity index is 1.89. The van der Waals surface area contributed by atoms with Gasteiger partial charge in [0.2, 0.25) is 0 Å². The van der Waals surface area contributed by atoms with E-state index in [0.29, 0.717) is 17.7 Å². The summed E-state index contributed by atoms with van der Waals surface area (Å²) in [5, 5.41) is 9.23. The second-order valence-electron chi connectivity index (χ2n) is 4.25. The number of aromatic hydroxyl groups is 1. The zero-order valence-corrected chi connectivity index (χ0v) is 9.58. The molecule has 0 bridgehead atoms. The third kappa shape index (κ3) is 1.72. The number of phenols is 1. The van der Waals surface area contributed by atoms with Gasteiger partial charge in [0, 0.05) is 21.7 Å². The van der Waals surface area contributed by atoms with Crippen molar-refractivity contribution in [1.29, 1.82) is 0 Å². The molecule has 2 nitrogen and oxygen atoms in total. The first-order valence-corrected chi connectivity index (χ1v) is 6.20. The molecule has 0 unspecified atom stereocenters. The Morgan fingerprint density at radius 1 is 1.12 bits per heavy atom. The van der Waals surface area contributed by atoms with E-state index >= 15 is 0 Å². The molecule has 1 aromatic carbocycles. The van der Waals surface area contributed by atoms with E-state index in [4.69, 9.17) is 5.73 Å². The summed E-state index contributed by atoms with van der Waals surface area (Å²) in [5.74, 6) is 0.889. The lowest BCUT2D eigenvalue weighted by molar-refractivity contribution is 0.475. The highest BCUT2D eigenvalue weighted by molar-refractivity contribution is 7.15. The summed E-state index contributed by atoms with van der Waals surface area (Å²) in [6, 6.07) is 12.0. The zero-order chi connectivity index (χ0) is 11.1. The molecule has 1 aromatic heterocycles. The minimum absolute atomic E-state index is 0.310. The van der Waals surface area contributed by atoms with E-state index in [0.717, 1.165) is 12.0 Å². The van der Waals surface area contributed by atoms with Gasteiger partial charge in [-0.05, 0) is 48.4 Å². The second-order valence-corrected chi connectivity index (χ2v) is 5.37. The quantitative estimate of drug-likeness (QED) is 0.834. The zero-order valence-electron chi connectivity index (χ0n) is 8.76.